The molecule has 296 valence electrons. The Balaban J connectivity index is 1.95. The van der Waals surface area contributed by atoms with Gasteiger partial charge in [-0.2, -0.15) is 0 Å². The average Bonchev–Trinajstić information content (AvgIpc) is 3.30. The minimum Gasteiger partial charge on any atom is -0.461 e. The number of ether oxygens (including phenoxy) is 1. The minimum atomic E-state index is -2.37. The van der Waals surface area contributed by atoms with Crippen LogP contribution in [0.4, 0.5) is 0 Å². The second kappa shape index (κ2) is 16.7. The number of nitrogens with zero attached hydrogens (tertiary/aromatic N) is 1. The second-order valence-corrected chi connectivity index (χ2v) is 29.0. The summed E-state index contributed by atoms with van der Waals surface area (Å²) >= 11 is 0. The van der Waals surface area contributed by atoms with Gasteiger partial charge in [0.15, 0.2) is 16.6 Å². The standard InChI is InChI=1S/C41H71NO8Si2/c1-16-41(10,11)38(46)47-33-24-27(2)23-29-18-17-28(3)32(37(29)33)20-19-30(49-51(12,13)39(4,5)6)25-31(50-52(14,15)40(7,8)9)26-36(45)48-42-34(43)21-22-35(42)44/h17-18,23,27-28,30-33,37H,16,19-22,24-26H2,1-15H3/t27-,28-,30-,31+,32-,33-,37?/m0/s1. The lowest BCUT2D eigenvalue weighted by Gasteiger charge is -2.45. The lowest BCUT2D eigenvalue weighted by molar-refractivity contribution is -0.198. The first-order valence-corrected chi connectivity index (χ1v) is 25.5. The van der Waals surface area contributed by atoms with Crippen LogP contribution < -0.4 is 0 Å². The largest absolute Gasteiger partial charge is 0.461 e. The number of amides is 2. The van der Waals surface area contributed by atoms with Gasteiger partial charge in [0.25, 0.3) is 11.8 Å². The molecule has 0 radical (unpaired) electrons. The van der Waals surface area contributed by atoms with Crippen LogP contribution in [-0.4, -0.2) is 63.8 Å². The van der Waals surface area contributed by atoms with Gasteiger partial charge in [-0.3, -0.25) is 14.4 Å². The molecule has 3 rings (SSSR count). The summed E-state index contributed by atoms with van der Waals surface area (Å²) in [6, 6.07) is 0. The van der Waals surface area contributed by atoms with Crippen molar-refractivity contribution in [2.45, 2.75) is 182 Å². The maximum absolute atomic E-state index is 13.4. The van der Waals surface area contributed by atoms with Crippen LogP contribution in [-0.2, 0) is 37.6 Å². The highest BCUT2D eigenvalue weighted by atomic mass is 28.4. The van der Waals surface area contributed by atoms with E-state index < -0.39 is 45.9 Å². The van der Waals surface area contributed by atoms with E-state index in [0.717, 1.165) is 19.3 Å². The third-order valence-corrected chi connectivity index (χ3v) is 21.8. The van der Waals surface area contributed by atoms with Crippen LogP contribution >= 0.6 is 0 Å². The fourth-order valence-corrected chi connectivity index (χ4v) is 9.67. The Kier molecular flexibility index (Phi) is 14.3. The highest BCUT2D eigenvalue weighted by Gasteiger charge is 2.46. The topological polar surface area (TPSA) is 108 Å². The number of hydrogen-bond donors (Lipinski definition) is 0. The van der Waals surface area contributed by atoms with E-state index in [1.54, 1.807) is 0 Å². The normalized spacial score (nSPS) is 25.8. The Morgan fingerprint density at radius 2 is 1.42 bits per heavy atom. The SMILES string of the molecule is CCC(C)(C)C(=O)O[C@H]1C[C@@H](C)C=C2C=C[C@H](C)[C@H](CC[C@@H](C[C@H](CC(=O)ON3C(=O)CCC3=O)O[Si](C)(C)C(C)(C)C)O[Si](C)(C)C(C)(C)C)C21. The minimum absolute atomic E-state index is 0.0421. The van der Waals surface area contributed by atoms with Gasteiger partial charge in [-0.25, -0.2) is 4.79 Å². The zero-order valence-corrected chi connectivity index (χ0v) is 37.1. The number of carbonyl (C=O) groups is 4. The first-order chi connectivity index (χ1) is 23.7. The van der Waals surface area contributed by atoms with E-state index in [4.69, 9.17) is 18.4 Å². The Morgan fingerprint density at radius 3 is 1.94 bits per heavy atom. The molecular formula is C41H71NO8Si2. The van der Waals surface area contributed by atoms with E-state index in [2.05, 4.69) is 99.8 Å². The van der Waals surface area contributed by atoms with Crippen LogP contribution in [0.1, 0.15) is 128 Å². The summed E-state index contributed by atoms with van der Waals surface area (Å²) in [7, 11) is -4.65. The molecule has 0 spiro atoms. The van der Waals surface area contributed by atoms with Crippen LogP contribution in [0.3, 0.4) is 0 Å². The molecule has 1 fully saturated rings. The van der Waals surface area contributed by atoms with Crippen molar-refractivity contribution in [3.05, 3.63) is 23.8 Å². The van der Waals surface area contributed by atoms with Crippen molar-refractivity contribution in [1.29, 1.82) is 0 Å². The van der Waals surface area contributed by atoms with Crippen molar-refractivity contribution in [1.82, 2.24) is 5.06 Å². The van der Waals surface area contributed by atoms with Gasteiger partial charge >= 0.3 is 11.9 Å². The van der Waals surface area contributed by atoms with Gasteiger partial charge in [0.1, 0.15) is 6.10 Å². The molecule has 1 unspecified atom stereocenters. The molecule has 1 aliphatic heterocycles. The fraction of sp³-hybridized carbons (Fsp3) is 0.805. The Hall–Kier alpha value is -2.09. The van der Waals surface area contributed by atoms with Gasteiger partial charge in [0.2, 0.25) is 0 Å². The van der Waals surface area contributed by atoms with Gasteiger partial charge in [-0.05, 0) is 106 Å². The number of allylic oxidation sites excluding steroid dienone is 3. The van der Waals surface area contributed by atoms with Crippen molar-refractivity contribution in [2.24, 2.45) is 29.1 Å². The molecule has 1 saturated heterocycles. The number of esters is 1. The third-order valence-electron chi connectivity index (χ3n) is 12.8. The zero-order chi connectivity index (χ0) is 39.6. The van der Waals surface area contributed by atoms with Crippen molar-refractivity contribution in [3.63, 3.8) is 0 Å². The maximum Gasteiger partial charge on any atom is 0.335 e. The van der Waals surface area contributed by atoms with Gasteiger partial charge in [0, 0.05) is 24.9 Å². The summed E-state index contributed by atoms with van der Waals surface area (Å²) < 4.78 is 20.5. The molecule has 2 aliphatic carbocycles. The van der Waals surface area contributed by atoms with Crippen molar-refractivity contribution in [2.75, 3.05) is 0 Å². The van der Waals surface area contributed by atoms with E-state index >= 15 is 0 Å². The van der Waals surface area contributed by atoms with E-state index in [9.17, 15) is 19.2 Å². The third kappa shape index (κ3) is 11.0. The predicted octanol–water partition coefficient (Wildman–Crippen LogP) is 9.69. The van der Waals surface area contributed by atoms with E-state index in [-0.39, 0.29) is 65.3 Å². The molecule has 0 saturated carbocycles. The van der Waals surface area contributed by atoms with E-state index in [1.807, 2.05) is 20.8 Å². The van der Waals surface area contributed by atoms with Crippen LogP contribution in [0.25, 0.3) is 0 Å². The molecule has 0 aromatic heterocycles. The fourth-order valence-electron chi connectivity index (χ4n) is 6.90. The number of carbonyl (C=O) groups excluding carboxylic acids is 4. The first-order valence-electron chi connectivity index (χ1n) is 19.7. The van der Waals surface area contributed by atoms with E-state index in [1.165, 1.54) is 5.57 Å². The zero-order valence-electron chi connectivity index (χ0n) is 35.1. The molecule has 0 aromatic carbocycles. The highest BCUT2D eigenvalue weighted by Crippen LogP contribution is 2.47. The summed E-state index contributed by atoms with van der Waals surface area (Å²) in [4.78, 5) is 56.7. The van der Waals surface area contributed by atoms with Crippen molar-refractivity contribution in [3.8, 4) is 0 Å². The van der Waals surface area contributed by atoms with Gasteiger partial charge in [-0.15, -0.1) is 5.06 Å². The number of fused-ring (bicyclic) bond motifs is 1. The molecule has 3 aliphatic rings. The summed E-state index contributed by atoms with van der Waals surface area (Å²) in [6.07, 6.45) is 9.49. The molecule has 2 amide bonds. The molecule has 1 heterocycles. The monoisotopic (exact) mass is 761 g/mol. The highest BCUT2D eigenvalue weighted by molar-refractivity contribution is 6.74. The molecule has 52 heavy (non-hydrogen) atoms. The van der Waals surface area contributed by atoms with Crippen LogP contribution in [0.2, 0.25) is 36.3 Å². The van der Waals surface area contributed by atoms with Crippen LogP contribution in [0.15, 0.2) is 23.8 Å². The molecule has 0 N–H and O–H groups in total. The Morgan fingerprint density at radius 1 is 0.885 bits per heavy atom. The first kappa shape index (κ1) is 44.3. The number of rotatable bonds is 15. The Bertz CT molecular complexity index is 1360. The average molecular weight is 762 g/mol. The number of imide groups is 1. The van der Waals surface area contributed by atoms with Gasteiger partial charge in [0.05, 0.1) is 17.9 Å². The summed E-state index contributed by atoms with van der Waals surface area (Å²) in [5, 5.41) is 0.460. The molecule has 9 nitrogen and oxygen atoms in total. The smallest absolute Gasteiger partial charge is 0.335 e. The molecular weight excluding hydrogens is 691 g/mol. The summed E-state index contributed by atoms with van der Waals surface area (Å²) in [5.41, 5.74) is 0.706. The molecule has 0 aromatic rings. The lowest BCUT2D eigenvalue weighted by atomic mass is 9.65. The molecule has 0 bridgehead atoms. The molecule has 7 atom stereocenters. The van der Waals surface area contributed by atoms with Crippen LogP contribution in [0.5, 0.6) is 0 Å². The van der Waals surface area contributed by atoms with Gasteiger partial charge in [-0.1, -0.05) is 80.5 Å². The van der Waals surface area contributed by atoms with Crippen LogP contribution in [0, 0.1) is 29.1 Å². The predicted molar refractivity (Wildman–Crippen MR) is 211 cm³/mol. The summed E-state index contributed by atoms with van der Waals surface area (Å²) in [6.45, 7) is 32.4. The maximum atomic E-state index is 13.4. The number of hydrogen-bond acceptors (Lipinski definition) is 8. The van der Waals surface area contributed by atoms with Crippen molar-refractivity contribution >= 4 is 40.4 Å². The van der Waals surface area contributed by atoms with Crippen molar-refractivity contribution < 1.29 is 37.6 Å². The summed E-state index contributed by atoms with van der Waals surface area (Å²) in [5.74, 6) is -0.889. The molecule has 11 heteroatoms. The lowest BCUT2D eigenvalue weighted by Crippen LogP contribution is -2.48. The Labute approximate surface area is 317 Å². The van der Waals surface area contributed by atoms with E-state index in [0.29, 0.717) is 23.8 Å². The number of hydroxylamine groups is 2. The second-order valence-electron chi connectivity index (χ2n) is 19.5. The van der Waals surface area contributed by atoms with Gasteiger partial charge < -0.3 is 18.4 Å². The quantitative estimate of drug-likeness (QED) is 0.0923.